The second kappa shape index (κ2) is 6.63. The molecular weight excluding hydrogens is 318 g/mol. The molecule has 0 spiro atoms. The molecule has 22 heavy (non-hydrogen) atoms. The lowest BCUT2D eigenvalue weighted by atomic mass is 10.2. The van der Waals surface area contributed by atoms with Crippen molar-refractivity contribution in [2.75, 3.05) is 5.32 Å². The van der Waals surface area contributed by atoms with Gasteiger partial charge >= 0.3 is 6.03 Å². The predicted molar refractivity (Wildman–Crippen MR) is 88.1 cm³/mol. The summed E-state index contributed by atoms with van der Waals surface area (Å²) < 4.78 is 4.00. The second-order valence-electron chi connectivity index (χ2n) is 4.46. The van der Waals surface area contributed by atoms with Gasteiger partial charge in [-0.15, -0.1) is 11.3 Å². The van der Waals surface area contributed by atoms with Crippen LogP contribution in [0.15, 0.2) is 35.7 Å². The largest absolute Gasteiger partial charge is 0.332 e. The number of hydrogen-bond donors (Lipinski definition) is 2. The van der Waals surface area contributed by atoms with Crippen molar-refractivity contribution in [3.8, 4) is 10.6 Å². The number of urea groups is 1. The third-order valence-corrected chi connectivity index (χ3v) is 4.41. The number of thiazole rings is 1. The van der Waals surface area contributed by atoms with Crippen LogP contribution in [0.1, 0.15) is 11.5 Å². The number of aryl methyl sites for hydroxylation is 1. The van der Waals surface area contributed by atoms with Gasteiger partial charge in [-0.05, 0) is 6.92 Å². The van der Waals surface area contributed by atoms with Crippen molar-refractivity contribution in [1.29, 1.82) is 0 Å². The number of carbonyl (C=O) groups excluding carboxylic acids is 1. The number of carbonyl (C=O) groups is 1. The summed E-state index contributed by atoms with van der Waals surface area (Å²) in [6.45, 7) is 2.15. The molecule has 3 rings (SSSR count). The van der Waals surface area contributed by atoms with Gasteiger partial charge in [0.25, 0.3) is 0 Å². The third-order valence-electron chi connectivity index (χ3n) is 2.75. The summed E-state index contributed by atoms with van der Waals surface area (Å²) in [4.78, 5) is 20.3. The highest BCUT2D eigenvalue weighted by molar-refractivity contribution is 7.13. The number of benzene rings is 1. The van der Waals surface area contributed by atoms with Gasteiger partial charge in [0.1, 0.15) is 10.8 Å². The number of amides is 2. The van der Waals surface area contributed by atoms with E-state index < -0.39 is 0 Å². The van der Waals surface area contributed by atoms with Crippen LogP contribution in [-0.4, -0.2) is 20.4 Å². The zero-order valence-corrected chi connectivity index (χ0v) is 13.4. The van der Waals surface area contributed by atoms with Gasteiger partial charge < -0.3 is 5.32 Å². The molecule has 0 atom stereocenters. The van der Waals surface area contributed by atoms with Gasteiger partial charge in [0.05, 0.1) is 12.2 Å². The summed E-state index contributed by atoms with van der Waals surface area (Å²) in [5.74, 6) is 0.646. The number of aromatic nitrogens is 3. The van der Waals surface area contributed by atoms with Gasteiger partial charge in [0, 0.05) is 22.5 Å². The van der Waals surface area contributed by atoms with Crippen LogP contribution in [0.2, 0.25) is 0 Å². The Labute approximate surface area is 135 Å². The minimum Gasteiger partial charge on any atom is -0.332 e. The smallest absolute Gasteiger partial charge is 0.321 e. The molecule has 0 aliphatic carbocycles. The zero-order chi connectivity index (χ0) is 15.4. The highest BCUT2D eigenvalue weighted by Gasteiger charge is 2.08. The molecule has 0 aliphatic heterocycles. The Hall–Kier alpha value is -2.32. The second-order valence-corrected chi connectivity index (χ2v) is 6.07. The number of nitrogens with one attached hydrogen (secondary N) is 2. The molecule has 0 saturated carbocycles. The molecule has 2 N–H and O–H groups in total. The minimum absolute atomic E-state index is 0.314. The molecule has 6 nitrogen and oxygen atoms in total. The average Bonchev–Trinajstić information content (AvgIpc) is 3.15. The van der Waals surface area contributed by atoms with Crippen LogP contribution in [-0.2, 0) is 6.54 Å². The number of anilines is 1. The van der Waals surface area contributed by atoms with Crippen molar-refractivity contribution in [3.63, 3.8) is 0 Å². The van der Waals surface area contributed by atoms with E-state index in [-0.39, 0.29) is 6.03 Å². The molecule has 8 heteroatoms. The fraction of sp³-hybridized carbons (Fsp3) is 0.143. The Morgan fingerprint density at radius 1 is 1.23 bits per heavy atom. The van der Waals surface area contributed by atoms with E-state index in [9.17, 15) is 4.79 Å². The molecular formula is C14H13N5OS2. The molecule has 0 fully saturated rings. The molecule has 2 aromatic heterocycles. The quantitative estimate of drug-likeness (QED) is 0.769. The van der Waals surface area contributed by atoms with Crippen LogP contribution in [0.5, 0.6) is 0 Å². The van der Waals surface area contributed by atoms with E-state index in [2.05, 4.69) is 25.0 Å². The number of hydrogen-bond acceptors (Lipinski definition) is 6. The summed E-state index contributed by atoms with van der Waals surface area (Å²) in [7, 11) is 0. The lowest BCUT2D eigenvalue weighted by Gasteiger charge is -2.02. The fourth-order valence-electron chi connectivity index (χ4n) is 1.76. The lowest BCUT2D eigenvalue weighted by molar-refractivity contribution is 0.251. The van der Waals surface area contributed by atoms with Gasteiger partial charge in [-0.2, -0.15) is 4.37 Å². The van der Waals surface area contributed by atoms with Gasteiger partial charge in [0.2, 0.25) is 5.13 Å². The topological polar surface area (TPSA) is 79.8 Å². The molecule has 112 valence electrons. The normalized spacial score (nSPS) is 10.4. The molecule has 0 saturated heterocycles. The maximum Gasteiger partial charge on any atom is 0.321 e. The Balaban J connectivity index is 1.56. The van der Waals surface area contributed by atoms with E-state index in [1.54, 1.807) is 18.3 Å². The lowest BCUT2D eigenvalue weighted by Crippen LogP contribution is -2.28. The van der Waals surface area contributed by atoms with E-state index in [1.165, 1.54) is 0 Å². The Morgan fingerprint density at radius 3 is 2.77 bits per heavy atom. The van der Waals surface area contributed by atoms with Crippen molar-refractivity contribution >= 4 is 34.0 Å². The molecule has 3 aromatic rings. The Bertz CT molecular complexity index is 768. The average molecular weight is 331 g/mol. The van der Waals surface area contributed by atoms with Crippen LogP contribution in [0.3, 0.4) is 0 Å². The van der Waals surface area contributed by atoms with Crippen molar-refractivity contribution in [2.24, 2.45) is 0 Å². The first-order valence-electron chi connectivity index (χ1n) is 6.56. The van der Waals surface area contributed by atoms with E-state index >= 15 is 0 Å². The van der Waals surface area contributed by atoms with E-state index in [4.69, 9.17) is 0 Å². The van der Waals surface area contributed by atoms with Crippen molar-refractivity contribution in [3.05, 3.63) is 47.2 Å². The van der Waals surface area contributed by atoms with Gasteiger partial charge in [-0.25, -0.2) is 14.8 Å². The molecule has 0 unspecified atom stereocenters. The first-order valence-corrected chi connectivity index (χ1v) is 8.21. The molecule has 2 heterocycles. The van der Waals surface area contributed by atoms with Gasteiger partial charge in [-0.3, -0.25) is 5.32 Å². The molecule has 1 aromatic carbocycles. The molecule has 0 aliphatic rings. The van der Waals surface area contributed by atoms with E-state index in [0.29, 0.717) is 17.5 Å². The first-order chi connectivity index (χ1) is 10.7. The highest BCUT2D eigenvalue weighted by Crippen LogP contribution is 2.23. The maximum atomic E-state index is 11.8. The standard InChI is InChI=1S/C14H13N5OS2/c1-9-16-14(22-19-9)18-13(20)15-7-11-8-21-12(17-11)10-5-3-2-4-6-10/h2-6,8H,7H2,1H3,(H2,15,16,18,19,20). The monoisotopic (exact) mass is 331 g/mol. The van der Waals surface area contributed by atoms with E-state index in [0.717, 1.165) is 27.8 Å². The van der Waals surface area contributed by atoms with Crippen molar-refractivity contribution in [2.45, 2.75) is 13.5 Å². The molecule has 0 bridgehead atoms. The van der Waals surface area contributed by atoms with Crippen LogP contribution in [0.4, 0.5) is 9.93 Å². The zero-order valence-electron chi connectivity index (χ0n) is 11.7. The predicted octanol–water partition coefficient (Wildman–Crippen LogP) is 3.29. The van der Waals surface area contributed by atoms with Crippen LogP contribution in [0, 0.1) is 6.92 Å². The van der Waals surface area contributed by atoms with Gasteiger partial charge in [-0.1, -0.05) is 30.3 Å². The first kappa shape index (κ1) is 14.6. The number of nitrogens with zero attached hydrogens (tertiary/aromatic N) is 3. The van der Waals surface area contributed by atoms with Crippen LogP contribution >= 0.6 is 22.9 Å². The molecule has 0 radical (unpaired) electrons. The van der Waals surface area contributed by atoms with Crippen LogP contribution < -0.4 is 10.6 Å². The van der Waals surface area contributed by atoms with Crippen molar-refractivity contribution < 1.29 is 4.79 Å². The summed E-state index contributed by atoms with van der Waals surface area (Å²) in [6.07, 6.45) is 0. The highest BCUT2D eigenvalue weighted by atomic mass is 32.1. The maximum absolute atomic E-state index is 11.8. The fourth-order valence-corrected chi connectivity index (χ4v) is 3.16. The van der Waals surface area contributed by atoms with Crippen molar-refractivity contribution in [1.82, 2.24) is 19.7 Å². The Morgan fingerprint density at radius 2 is 2.05 bits per heavy atom. The summed E-state index contributed by atoms with van der Waals surface area (Å²) in [6, 6.07) is 9.64. The summed E-state index contributed by atoms with van der Waals surface area (Å²) in [5, 5.41) is 8.77. The number of rotatable bonds is 4. The van der Waals surface area contributed by atoms with Gasteiger partial charge in [0.15, 0.2) is 0 Å². The Kier molecular flexibility index (Phi) is 4.40. The van der Waals surface area contributed by atoms with Crippen LogP contribution in [0.25, 0.3) is 10.6 Å². The summed E-state index contributed by atoms with van der Waals surface area (Å²) >= 11 is 2.71. The molecule has 2 amide bonds. The third kappa shape index (κ3) is 3.66. The minimum atomic E-state index is -0.314. The summed E-state index contributed by atoms with van der Waals surface area (Å²) in [5.41, 5.74) is 1.90. The SMILES string of the molecule is Cc1nsc(NC(=O)NCc2csc(-c3ccccc3)n2)n1. The van der Waals surface area contributed by atoms with E-state index in [1.807, 2.05) is 35.7 Å².